The summed E-state index contributed by atoms with van der Waals surface area (Å²) in [5, 5.41) is 0. The van der Waals surface area contributed by atoms with Crippen LogP contribution in [0.1, 0.15) is 129 Å². The molecule has 1 fully saturated rings. The van der Waals surface area contributed by atoms with Gasteiger partial charge in [-0.25, -0.2) is 0 Å². The predicted octanol–water partition coefficient (Wildman–Crippen LogP) is 7.31. The van der Waals surface area contributed by atoms with Gasteiger partial charge < -0.3 is 9.22 Å². The summed E-state index contributed by atoms with van der Waals surface area (Å²) in [7, 11) is 1.82. The van der Waals surface area contributed by atoms with Gasteiger partial charge in [-0.3, -0.25) is 9.69 Å². The van der Waals surface area contributed by atoms with Crippen molar-refractivity contribution >= 4 is 5.91 Å². The van der Waals surface area contributed by atoms with Crippen LogP contribution < -0.4 is 0 Å². The molecule has 1 saturated heterocycles. The standard InChI is InChI=1S/C28H57N2O2/c1-4-6-8-10-12-14-16-18-23-30(25-26-32-3,27-29-22-20-21-28(29)31)24-19-17-15-13-11-9-7-5-2/h4-27H2,1-3H3/q+1. The van der Waals surface area contributed by atoms with Gasteiger partial charge >= 0.3 is 0 Å². The third-order valence-corrected chi connectivity index (χ3v) is 7.38. The second-order valence-electron chi connectivity index (χ2n) is 10.4. The SMILES string of the molecule is CCCCCCCCCC[N+](CCCCCCCCCC)(CCOC)CN1CCCC1=O. The molecule has 1 rings (SSSR count). The smallest absolute Gasteiger partial charge is 0.226 e. The van der Waals surface area contributed by atoms with Crippen molar-refractivity contribution in [1.82, 2.24) is 4.90 Å². The average molecular weight is 454 g/mol. The van der Waals surface area contributed by atoms with E-state index in [9.17, 15) is 4.79 Å². The van der Waals surface area contributed by atoms with Crippen molar-refractivity contribution < 1.29 is 14.0 Å². The first-order valence-corrected chi connectivity index (χ1v) is 14.3. The minimum atomic E-state index is 0.372. The van der Waals surface area contributed by atoms with E-state index < -0.39 is 0 Å². The quantitative estimate of drug-likeness (QED) is 0.120. The topological polar surface area (TPSA) is 29.5 Å². The van der Waals surface area contributed by atoms with Gasteiger partial charge in [0.1, 0.15) is 6.54 Å². The van der Waals surface area contributed by atoms with Crippen LogP contribution in [0.5, 0.6) is 0 Å². The van der Waals surface area contributed by atoms with Crippen LogP contribution in [0, 0.1) is 0 Å². The maximum atomic E-state index is 12.4. The van der Waals surface area contributed by atoms with Gasteiger partial charge in [0, 0.05) is 20.1 Å². The van der Waals surface area contributed by atoms with Crippen molar-refractivity contribution in [3.63, 3.8) is 0 Å². The van der Waals surface area contributed by atoms with Crippen molar-refractivity contribution in [2.24, 2.45) is 0 Å². The monoisotopic (exact) mass is 453 g/mol. The van der Waals surface area contributed by atoms with E-state index in [4.69, 9.17) is 4.74 Å². The Kier molecular flexibility index (Phi) is 18.2. The number of nitrogens with zero attached hydrogens (tertiary/aromatic N) is 2. The number of methoxy groups -OCH3 is 1. The molecule has 0 spiro atoms. The Labute approximate surface area is 201 Å². The third-order valence-electron chi connectivity index (χ3n) is 7.38. The lowest BCUT2D eigenvalue weighted by Gasteiger charge is -2.41. The minimum absolute atomic E-state index is 0.372. The molecule has 0 aromatic heterocycles. The number of rotatable bonds is 23. The molecular weight excluding hydrogens is 396 g/mol. The Morgan fingerprint density at radius 3 is 1.59 bits per heavy atom. The molecule has 0 radical (unpaired) electrons. The lowest BCUT2D eigenvalue weighted by molar-refractivity contribution is -0.936. The van der Waals surface area contributed by atoms with E-state index in [0.717, 1.165) is 43.7 Å². The fourth-order valence-corrected chi connectivity index (χ4v) is 5.21. The van der Waals surface area contributed by atoms with Crippen molar-refractivity contribution in [3.05, 3.63) is 0 Å². The summed E-state index contributed by atoms with van der Waals surface area (Å²) in [6, 6.07) is 0. The molecular formula is C28H57N2O2+. The lowest BCUT2D eigenvalue weighted by atomic mass is 10.1. The highest BCUT2D eigenvalue weighted by Crippen LogP contribution is 2.20. The van der Waals surface area contributed by atoms with Gasteiger partial charge in [-0.05, 0) is 32.1 Å². The zero-order valence-corrected chi connectivity index (χ0v) is 22.2. The summed E-state index contributed by atoms with van der Waals surface area (Å²) in [5.74, 6) is 0.372. The first-order valence-electron chi connectivity index (χ1n) is 14.3. The first-order chi connectivity index (χ1) is 15.7. The van der Waals surface area contributed by atoms with E-state index in [1.54, 1.807) is 0 Å². The van der Waals surface area contributed by atoms with Crippen molar-refractivity contribution in [2.75, 3.05) is 46.6 Å². The van der Waals surface area contributed by atoms with Crippen LogP contribution in [0.2, 0.25) is 0 Å². The van der Waals surface area contributed by atoms with Crippen LogP contribution in [0.3, 0.4) is 0 Å². The summed E-state index contributed by atoms with van der Waals surface area (Å²) in [6.45, 7) is 10.7. The van der Waals surface area contributed by atoms with Gasteiger partial charge in [0.25, 0.3) is 0 Å². The molecule has 1 amide bonds. The number of quaternary nitrogens is 1. The van der Waals surface area contributed by atoms with Gasteiger partial charge in [0.15, 0.2) is 6.67 Å². The summed E-state index contributed by atoms with van der Waals surface area (Å²) in [4.78, 5) is 14.6. The largest absolute Gasteiger partial charge is 0.379 e. The highest BCUT2D eigenvalue weighted by molar-refractivity contribution is 5.77. The molecule has 0 aromatic carbocycles. The van der Waals surface area contributed by atoms with Gasteiger partial charge in [0.2, 0.25) is 5.91 Å². The molecule has 1 aliphatic rings. The number of likely N-dealkylation sites (tertiary alicyclic amines) is 1. The van der Waals surface area contributed by atoms with Crippen molar-refractivity contribution in [3.8, 4) is 0 Å². The molecule has 1 aliphatic heterocycles. The molecule has 0 aromatic rings. The molecule has 190 valence electrons. The summed E-state index contributed by atoms with van der Waals surface area (Å²) in [6.07, 6.45) is 23.6. The predicted molar refractivity (Wildman–Crippen MR) is 138 cm³/mol. The molecule has 4 heteroatoms. The maximum absolute atomic E-state index is 12.4. The van der Waals surface area contributed by atoms with Crippen LogP contribution in [-0.2, 0) is 9.53 Å². The number of amides is 1. The van der Waals surface area contributed by atoms with E-state index in [1.165, 1.54) is 116 Å². The zero-order valence-electron chi connectivity index (χ0n) is 22.2. The zero-order chi connectivity index (χ0) is 23.3. The summed E-state index contributed by atoms with van der Waals surface area (Å²) < 4.78 is 6.60. The fourth-order valence-electron chi connectivity index (χ4n) is 5.21. The lowest BCUT2D eigenvalue weighted by Crippen LogP contribution is -2.57. The molecule has 1 heterocycles. The van der Waals surface area contributed by atoms with Gasteiger partial charge in [0.05, 0.1) is 19.7 Å². The van der Waals surface area contributed by atoms with Crippen LogP contribution >= 0.6 is 0 Å². The van der Waals surface area contributed by atoms with Gasteiger partial charge in [-0.2, -0.15) is 0 Å². The van der Waals surface area contributed by atoms with E-state index in [-0.39, 0.29) is 0 Å². The van der Waals surface area contributed by atoms with E-state index in [1.807, 2.05) is 7.11 Å². The minimum Gasteiger partial charge on any atom is -0.379 e. The number of hydrogen-bond acceptors (Lipinski definition) is 2. The summed E-state index contributed by atoms with van der Waals surface area (Å²) >= 11 is 0. The number of ether oxygens (including phenoxy) is 1. The van der Waals surface area contributed by atoms with Gasteiger partial charge in [-0.15, -0.1) is 0 Å². The molecule has 0 bridgehead atoms. The van der Waals surface area contributed by atoms with Gasteiger partial charge in [-0.1, -0.05) is 90.9 Å². The molecule has 0 atom stereocenters. The Balaban J connectivity index is 2.51. The molecule has 32 heavy (non-hydrogen) atoms. The second-order valence-corrected chi connectivity index (χ2v) is 10.4. The molecule has 0 unspecified atom stereocenters. The summed E-state index contributed by atoms with van der Waals surface area (Å²) in [5.41, 5.74) is 0. The number of carbonyl (C=O) groups is 1. The Morgan fingerprint density at radius 2 is 1.19 bits per heavy atom. The van der Waals surface area contributed by atoms with Crippen LogP contribution in [0.4, 0.5) is 0 Å². The Hall–Kier alpha value is -0.610. The highest BCUT2D eigenvalue weighted by Gasteiger charge is 2.33. The van der Waals surface area contributed by atoms with E-state index >= 15 is 0 Å². The van der Waals surface area contributed by atoms with Crippen molar-refractivity contribution in [1.29, 1.82) is 0 Å². The third kappa shape index (κ3) is 13.8. The van der Waals surface area contributed by atoms with E-state index in [2.05, 4.69) is 18.7 Å². The highest BCUT2D eigenvalue weighted by atomic mass is 16.5. The van der Waals surface area contributed by atoms with Crippen LogP contribution in [0.15, 0.2) is 0 Å². The molecule has 0 N–H and O–H groups in total. The normalized spacial score (nSPS) is 14.6. The fraction of sp³-hybridized carbons (Fsp3) is 0.964. The molecule has 4 nitrogen and oxygen atoms in total. The average Bonchev–Trinajstić information content (AvgIpc) is 3.20. The van der Waals surface area contributed by atoms with E-state index in [0.29, 0.717) is 5.91 Å². The Morgan fingerprint density at radius 1 is 0.719 bits per heavy atom. The first kappa shape index (κ1) is 29.4. The molecule has 0 aliphatic carbocycles. The molecule has 0 saturated carbocycles. The maximum Gasteiger partial charge on any atom is 0.226 e. The number of unbranched alkanes of at least 4 members (excludes halogenated alkanes) is 14. The number of hydrogen-bond donors (Lipinski definition) is 0. The number of carbonyl (C=O) groups excluding carboxylic acids is 1. The Bertz CT molecular complexity index is 421. The van der Waals surface area contributed by atoms with Crippen LogP contribution in [-0.4, -0.2) is 61.9 Å². The van der Waals surface area contributed by atoms with Crippen LogP contribution in [0.25, 0.3) is 0 Å². The van der Waals surface area contributed by atoms with Crippen molar-refractivity contribution in [2.45, 2.75) is 129 Å². The second kappa shape index (κ2) is 19.8.